The SMILES string of the molecule is Cc1ccc(C(=O)OCc2cc(=O)oc3cc4c(cc23)CCC4)s1. The highest BCUT2D eigenvalue weighted by Gasteiger charge is 2.16. The lowest BCUT2D eigenvalue weighted by molar-refractivity contribution is 0.0479. The number of aryl methyl sites for hydroxylation is 3. The first-order valence-electron chi connectivity index (χ1n) is 7.92. The average molecular weight is 340 g/mol. The molecule has 0 amide bonds. The van der Waals surface area contributed by atoms with Gasteiger partial charge in [-0.15, -0.1) is 11.3 Å². The van der Waals surface area contributed by atoms with E-state index in [0.29, 0.717) is 16.0 Å². The minimum atomic E-state index is -0.418. The van der Waals surface area contributed by atoms with Gasteiger partial charge in [-0.2, -0.15) is 0 Å². The Balaban J connectivity index is 1.66. The van der Waals surface area contributed by atoms with E-state index in [9.17, 15) is 9.59 Å². The molecule has 2 aromatic heterocycles. The van der Waals surface area contributed by atoms with Crippen molar-refractivity contribution in [2.75, 3.05) is 0 Å². The Hall–Kier alpha value is -2.40. The van der Waals surface area contributed by atoms with Gasteiger partial charge < -0.3 is 9.15 Å². The van der Waals surface area contributed by atoms with Gasteiger partial charge in [0.2, 0.25) is 0 Å². The molecule has 24 heavy (non-hydrogen) atoms. The zero-order chi connectivity index (χ0) is 16.7. The number of esters is 1. The first-order chi connectivity index (χ1) is 11.6. The fourth-order valence-electron chi connectivity index (χ4n) is 3.17. The number of thiophene rings is 1. The van der Waals surface area contributed by atoms with Gasteiger partial charge in [0.15, 0.2) is 0 Å². The van der Waals surface area contributed by atoms with Crippen LogP contribution in [0.15, 0.2) is 39.5 Å². The second-order valence-electron chi connectivity index (χ2n) is 6.05. The topological polar surface area (TPSA) is 56.5 Å². The summed E-state index contributed by atoms with van der Waals surface area (Å²) in [6, 6.07) is 9.08. The molecule has 3 aromatic rings. The van der Waals surface area contributed by atoms with Crippen LogP contribution in [0.4, 0.5) is 0 Å². The van der Waals surface area contributed by atoms with Gasteiger partial charge >= 0.3 is 11.6 Å². The van der Waals surface area contributed by atoms with Gasteiger partial charge in [0, 0.05) is 21.9 Å². The van der Waals surface area contributed by atoms with Crippen LogP contribution in [-0.2, 0) is 24.2 Å². The molecule has 5 heteroatoms. The van der Waals surface area contributed by atoms with Crippen LogP contribution in [0.1, 0.15) is 37.7 Å². The number of fused-ring (bicyclic) bond motifs is 2. The normalized spacial score (nSPS) is 13.2. The molecule has 122 valence electrons. The number of carbonyl (C=O) groups is 1. The monoisotopic (exact) mass is 340 g/mol. The molecule has 4 nitrogen and oxygen atoms in total. The van der Waals surface area contributed by atoms with Crippen molar-refractivity contribution in [1.82, 2.24) is 0 Å². The van der Waals surface area contributed by atoms with Crippen LogP contribution in [0.2, 0.25) is 0 Å². The summed E-state index contributed by atoms with van der Waals surface area (Å²) in [5.41, 5.74) is 3.38. The molecule has 0 N–H and O–H groups in total. The van der Waals surface area contributed by atoms with Gasteiger partial charge in [0.25, 0.3) is 0 Å². The highest BCUT2D eigenvalue weighted by molar-refractivity contribution is 7.13. The molecule has 2 heterocycles. The third-order valence-corrected chi connectivity index (χ3v) is 5.32. The van der Waals surface area contributed by atoms with Gasteiger partial charge in [-0.05, 0) is 61.6 Å². The van der Waals surface area contributed by atoms with Gasteiger partial charge in [0.1, 0.15) is 17.1 Å². The van der Waals surface area contributed by atoms with E-state index >= 15 is 0 Å². The van der Waals surface area contributed by atoms with Crippen LogP contribution in [0.3, 0.4) is 0 Å². The van der Waals surface area contributed by atoms with E-state index in [1.165, 1.54) is 28.5 Å². The van der Waals surface area contributed by atoms with Gasteiger partial charge in [-0.1, -0.05) is 0 Å². The molecular weight excluding hydrogens is 324 g/mol. The number of rotatable bonds is 3. The van der Waals surface area contributed by atoms with E-state index in [-0.39, 0.29) is 12.6 Å². The Morgan fingerprint density at radius 3 is 2.75 bits per heavy atom. The van der Waals surface area contributed by atoms with E-state index in [4.69, 9.17) is 9.15 Å². The molecule has 1 aromatic carbocycles. The average Bonchev–Trinajstić information content (AvgIpc) is 3.18. The minimum absolute atomic E-state index is 0.0661. The van der Waals surface area contributed by atoms with Crippen molar-refractivity contribution in [1.29, 1.82) is 0 Å². The molecule has 0 fully saturated rings. The lowest BCUT2D eigenvalue weighted by Crippen LogP contribution is -2.07. The molecule has 1 aliphatic rings. The summed E-state index contributed by atoms with van der Waals surface area (Å²) in [5.74, 6) is -0.365. The molecule has 0 saturated carbocycles. The summed E-state index contributed by atoms with van der Waals surface area (Å²) in [6.45, 7) is 2.01. The van der Waals surface area contributed by atoms with Crippen molar-refractivity contribution in [3.63, 3.8) is 0 Å². The third kappa shape index (κ3) is 2.76. The van der Waals surface area contributed by atoms with E-state index in [2.05, 4.69) is 6.07 Å². The van der Waals surface area contributed by atoms with Crippen LogP contribution in [0, 0.1) is 6.92 Å². The fraction of sp³-hybridized carbons (Fsp3) is 0.263. The summed E-state index contributed by atoms with van der Waals surface area (Å²) in [5, 5.41) is 0.852. The molecule has 0 saturated heterocycles. The summed E-state index contributed by atoms with van der Waals surface area (Å²) in [7, 11) is 0. The Kier molecular flexibility index (Phi) is 3.73. The lowest BCUT2D eigenvalue weighted by Gasteiger charge is -2.08. The van der Waals surface area contributed by atoms with Crippen LogP contribution >= 0.6 is 11.3 Å². The Labute approximate surface area is 142 Å². The summed E-state index contributed by atoms with van der Waals surface area (Å²) in [6.07, 6.45) is 3.18. The van der Waals surface area contributed by atoms with Crippen molar-refractivity contribution >= 4 is 28.3 Å². The molecule has 0 atom stereocenters. The molecule has 0 bridgehead atoms. The van der Waals surface area contributed by atoms with Crippen molar-refractivity contribution in [3.05, 3.63) is 67.2 Å². The number of hydrogen-bond donors (Lipinski definition) is 0. The number of hydrogen-bond acceptors (Lipinski definition) is 5. The maximum absolute atomic E-state index is 12.1. The molecule has 0 radical (unpaired) electrons. The molecule has 0 aliphatic heterocycles. The van der Waals surface area contributed by atoms with Crippen LogP contribution < -0.4 is 5.63 Å². The largest absolute Gasteiger partial charge is 0.457 e. The zero-order valence-electron chi connectivity index (χ0n) is 13.3. The van der Waals surface area contributed by atoms with Gasteiger partial charge in [0.05, 0.1) is 0 Å². The Morgan fingerprint density at radius 1 is 1.21 bits per heavy atom. The lowest BCUT2D eigenvalue weighted by atomic mass is 10.0. The number of carbonyl (C=O) groups excluding carboxylic acids is 1. The highest BCUT2D eigenvalue weighted by Crippen LogP contribution is 2.29. The molecule has 0 unspecified atom stereocenters. The Morgan fingerprint density at radius 2 is 2.00 bits per heavy atom. The van der Waals surface area contributed by atoms with Crippen molar-refractivity contribution in [2.45, 2.75) is 32.8 Å². The van der Waals surface area contributed by atoms with Crippen molar-refractivity contribution < 1.29 is 13.9 Å². The molecule has 1 aliphatic carbocycles. The zero-order valence-corrected chi connectivity index (χ0v) is 14.1. The van der Waals surface area contributed by atoms with Crippen LogP contribution in [0.5, 0.6) is 0 Å². The number of ether oxygens (including phenoxy) is 1. The minimum Gasteiger partial charge on any atom is -0.457 e. The summed E-state index contributed by atoms with van der Waals surface area (Å²) < 4.78 is 10.7. The summed E-state index contributed by atoms with van der Waals surface area (Å²) >= 11 is 1.40. The van der Waals surface area contributed by atoms with E-state index in [0.717, 1.165) is 29.5 Å². The van der Waals surface area contributed by atoms with Crippen molar-refractivity contribution in [3.8, 4) is 0 Å². The van der Waals surface area contributed by atoms with E-state index in [1.54, 1.807) is 6.07 Å². The van der Waals surface area contributed by atoms with Gasteiger partial charge in [-0.3, -0.25) is 0 Å². The van der Waals surface area contributed by atoms with Gasteiger partial charge in [-0.25, -0.2) is 9.59 Å². The second kappa shape index (κ2) is 5.91. The van der Waals surface area contributed by atoms with Crippen LogP contribution in [-0.4, -0.2) is 5.97 Å². The maximum atomic E-state index is 12.1. The molecule has 4 rings (SSSR count). The fourth-order valence-corrected chi connectivity index (χ4v) is 3.93. The predicted octanol–water partition coefficient (Wildman–Crippen LogP) is 4.01. The van der Waals surface area contributed by atoms with E-state index < -0.39 is 5.63 Å². The molecule has 0 spiro atoms. The smallest absolute Gasteiger partial charge is 0.348 e. The maximum Gasteiger partial charge on any atom is 0.348 e. The third-order valence-electron chi connectivity index (χ3n) is 4.34. The van der Waals surface area contributed by atoms with Crippen LogP contribution in [0.25, 0.3) is 11.0 Å². The quantitative estimate of drug-likeness (QED) is 0.534. The highest BCUT2D eigenvalue weighted by atomic mass is 32.1. The Bertz CT molecular complexity index is 996. The predicted molar refractivity (Wildman–Crippen MR) is 92.7 cm³/mol. The van der Waals surface area contributed by atoms with E-state index in [1.807, 2.05) is 19.1 Å². The number of benzene rings is 1. The standard InChI is InChI=1S/C19H16O4S/c1-11-5-6-17(24-11)19(21)22-10-14-9-18(20)23-16-8-13-4-2-3-12(13)7-15(14)16/h5-9H,2-4,10H2,1H3. The summed E-state index contributed by atoms with van der Waals surface area (Å²) in [4.78, 5) is 25.6. The first kappa shape index (κ1) is 15.1. The first-order valence-corrected chi connectivity index (χ1v) is 8.74. The second-order valence-corrected chi connectivity index (χ2v) is 7.34. The van der Waals surface area contributed by atoms with Crippen molar-refractivity contribution in [2.24, 2.45) is 0 Å². The molecular formula is C19H16O4S.